The van der Waals surface area contributed by atoms with Gasteiger partial charge in [0, 0.05) is 12.6 Å². The molecule has 1 unspecified atom stereocenters. The first kappa shape index (κ1) is 16.5. The van der Waals surface area contributed by atoms with Crippen LogP contribution in [0.25, 0.3) is 0 Å². The SMILES string of the molecule is Cc1cc(C2CCCN2C(=O)c2ccc(C(F)(F)F)nc2C)on1. The normalized spacial score (nSPS) is 18.2. The quantitative estimate of drug-likeness (QED) is 0.837. The average molecular weight is 339 g/mol. The third kappa shape index (κ3) is 3.00. The molecule has 1 aliphatic heterocycles. The molecule has 1 fully saturated rings. The molecule has 1 aliphatic rings. The van der Waals surface area contributed by atoms with Gasteiger partial charge in [-0.05, 0) is 38.8 Å². The van der Waals surface area contributed by atoms with Gasteiger partial charge in [-0.2, -0.15) is 13.2 Å². The van der Waals surface area contributed by atoms with E-state index < -0.39 is 11.9 Å². The summed E-state index contributed by atoms with van der Waals surface area (Å²) in [5.74, 6) is 0.251. The Balaban J connectivity index is 1.88. The third-order valence-electron chi connectivity index (χ3n) is 4.09. The summed E-state index contributed by atoms with van der Waals surface area (Å²) < 4.78 is 43.4. The van der Waals surface area contributed by atoms with E-state index in [9.17, 15) is 18.0 Å². The standard InChI is InChI=1S/C16H16F3N3O2/c1-9-8-13(24-21-9)12-4-3-7-22(12)15(23)11-5-6-14(16(17,18)19)20-10(11)2/h5-6,8,12H,3-4,7H2,1-2H3. The Morgan fingerprint density at radius 1 is 1.33 bits per heavy atom. The van der Waals surface area contributed by atoms with Crippen molar-refractivity contribution < 1.29 is 22.5 Å². The Bertz CT molecular complexity index is 770. The zero-order chi connectivity index (χ0) is 17.5. The van der Waals surface area contributed by atoms with Crippen LogP contribution in [0.2, 0.25) is 0 Å². The fourth-order valence-electron chi connectivity index (χ4n) is 2.95. The van der Waals surface area contributed by atoms with E-state index in [0.29, 0.717) is 12.3 Å². The molecular weight excluding hydrogens is 323 g/mol. The number of amides is 1. The van der Waals surface area contributed by atoms with Crippen molar-refractivity contribution in [1.29, 1.82) is 0 Å². The van der Waals surface area contributed by atoms with Gasteiger partial charge in [-0.15, -0.1) is 0 Å². The number of hydrogen-bond acceptors (Lipinski definition) is 4. The van der Waals surface area contributed by atoms with Crippen molar-refractivity contribution in [2.75, 3.05) is 6.54 Å². The van der Waals surface area contributed by atoms with Crippen LogP contribution in [0.4, 0.5) is 13.2 Å². The number of carbonyl (C=O) groups excluding carboxylic acids is 1. The van der Waals surface area contributed by atoms with E-state index in [2.05, 4.69) is 10.1 Å². The van der Waals surface area contributed by atoms with Gasteiger partial charge in [0.1, 0.15) is 5.69 Å². The Hall–Kier alpha value is -2.38. The second-order valence-corrected chi connectivity index (χ2v) is 5.85. The number of rotatable bonds is 2. The van der Waals surface area contributed by atoms with Gasteiger partial charge < -0.3 is 9.42 Å². The van der Waals surface area contributed by atoms with Gasteiger partial charge in [-0.25, -0.2) is 4.98 Å². The van der Waals surface area contributed by atoms with E-state index >= 15 is 0 Å². The second kappa shape index (κ2) is 5.92. The minimum absolute atomic E-state index is 0.0641. The van der Waals surface area contributed by atoms with Crippen molar-refractivity contribution in [3.63, 3.8) is 0 Å². The van der Waals surface area contributed by atoms with Crippen LogP contribution in [0.5, 0.6) is 0 Å². The summed E-state index contributed by atoms with van der Waals surface area (Å²) in [6.45, 7) is 3.72. The van der Waals surface area contributed by atoms with E-state index in [-0.39, 0.29) is 23.2 Å². The number of pyridine rings is 1. The van der Waals surface area contributed by atoms with Gasteiger partial charge in [0.15, 0.2) is 5.76 Å². The summed E-state index contributed by atoms with van der Waals surface area (Å²) in [6, 6.07) is 3.55. The van der Waals surface area contributed by atoms with Crippen LogP contribution in [0.1, 0.15) is 52.1 Å². The molecule has 2 aromatic heterocycles. The second-order valence-electron chi connectivity index (χ2n) is 5.85. The van der Waals surface area contributed by atoms with Crippen molar-refractivity contribution in [2.24, 2.45) is 0 Å². The van der Waals surface area contributed by atoms with Crippen molar-refractivity contribution in [2.45, 2.75) is 38.9 Å². The first-order valence-corrected chi connectivity index (χ1v) is 7.56. The van der Waals surface area contributed by atoms with Crippen molar-refractivity contribution in [1.82, 2.24) is 15.0 Å². The van der Waals surface area contributed by atoms with Crippen LogP contribution in [0.15, 0.2) is 22.7 Å². The molecule has 1 amide bonds. The molecule has 5 nitrogen and oxygen atoms in total. The van der Waals surface area contributed by atoms with E-state index in [1.54, 1.807) is 17.9 Å². The zero-order valence-electron chi connectivity index (χ0n) is 13.2. The zero-order valence-corrected chi connectivity index (χ0v) is 13.2. The summed E-state index contributed by atoms with van der Waals surface area (Å²) in [6.07, 6.45) is -3.00. The lowest BCUT2D eigenvalue weighted by atomic mass is 10.1. The highest BCUT2D eigenvalue weighted by molar-refractivity contribution is 5.95. The number of alkyl halides is 3. The molecule has 24 heavy (non-hydrogen) atoms. The Morgan fingerprint density at radius 2 is 2.08 bits per heavy atom. The Morgan fingerprint density at radius 3 is 2.67 bits per heavy atom. The summed E-state index contributed by atoms with van der Waals surface area (Å²) >= 11 is 0. The first-order chi connectivity index (χ1) is 11.3. The van der Waals surface area contributed by atoms with Gasteiger partial charge in [-0.3, -0.25) is 4.79 Å². The molecular formula is C16H16F3N3O2. The third-order valence-corrected chi connectivity index (χ3v) is 4.09. The van der Waals surface area contributed by atoms with Crippen LogP contribution in [0, 0.1) is 13.8 Å². The van der Waals surface area contributed by atoms with Crippen molar-refractivity contribution >= 4 is 5.91 Å². The topological polar surface area (TPSA) is 59.2 Å². The molecule has 0 bridgehead atoms. The highest BCUT2D eigenvalue weighted by atomic mass is 19.4. The number of hydrogen-bond donors (Lipinski definition) is 0. The average Bonchev–Trinajstić information content (AvgIpc) is 3.13. The monoisotopic (exact) mass is 339 g/mol. The Kier molecular flexibility index (Phi) is 4.06. The molecule has 0 aromatic carbocycles. The maximum Gasteiger partial charge on any atom is 0.433 e. The van der Waals surface area contributed by atoms with Gasteiger partial charge in [0.2, 0.25) is 0 Å². The fourth-order valence-corrected chi connectivity index (χ4v) is 2.95. The smallest absolute Gasteiger partial charge is 0.359 e. The highest BCUT2D eigenvalue weighted by Crippen LogP contribution is 2.34. The maximum atomic E-state index is 12.8. The Labute approximate surface area is 136 Å². The highest BCUT2D eigenvalue weighted by Gasteiger charge is 2.36. The minimum Gasteiger partial charge on any atom is -0.359 e. The molecule has 0 N–H and O–H groups in total. The number of halogens is 3. The summed E-state index contributed by atoms with van der Waals surface area (Å²) in [7, 11) is 0. The summed E-state index contributed by atoms with van der Waals surface area (Å²) in [5, 5.41) is 3.83. The predicted octanol–water partition coefficient (Wildman–Crippen LogP) is 3.68. The van der Waals surface area contributed by atoms with Crippen LogP contribution in [-0.2, 0) is 6.18 Å². The van der Waals surface area contributed by atoms with Crippen LogP contribution in [0.3, 0.4) is 0 Å². The van der Waals surface area contributed by atoms with Crippen LogP contribution >= 0.6 is 0 Å². The molecule has 8 heteroatoms. The van der Waals surface area contributed by atoms with Crippen LogP contribution < -0.4 is 0 Å². The predicted molar refractivity (Wildman–Crippen MR) is 78.2 cm³/mol. The number of carbonyl (C=O) groups is 1. The number of aryl methyl sites for hydroxylation is 2. The first-order valence-electron chi connectivity index (χ1n) is 7.56. The van der Waals surface area contributed by atoms with Crippen molar-refractivity contribution in [3.05, 3.63) is 46.6 Å². The lowest BCUT2D eigenvalue weighted by Gasteiger charge is -2.23. The van der Waals surface area contributed by atoms with Crippen LogP contribution in [-0.4, -0.2) is 27.5 Å². The van der Waals surface area contributed by atoms with E-state index in [1.165, 1.54) is 13.0 Å². The molecule has 3 rings (SSSR count). The molecule has 128 valence electrons. The largest absolute Gasteiger partial charge is 0.433 e. The molecule has 0 saturated carbocycles. The minimum atomic E-state index is -4.53. The van der Waals surface area contributed by atoms with Gasteiger partial charge in [0.05, 0.1) is 23.0 Å². The molecule has 0 radical (unpaired) electrons. The number of nitrogens with zero attached hydrogens (tertiary/aromatic N) is 3. The fraction of sp³-hybridized carbons (Fsp3) is 0.438. The molecule has 3 heterocycles. The summed E-state index contributed by atoms with van der Waals surface area (Å²) in [5.41, 5.74) is -0.0441. The van der Waals surface area contributed by atoms with E-state index in [1.807, 2.05) is 0 Å². The molecule has 1 atom stereocenters. The molecule has 1 saturated heterocycles. The van der Waals surface area contributed by atoms with E-state index in [4.69, 9.17) is 4.52 Å². The number of likely N-dealkylation sites (tertiary alicyclic amines) is 1. The lowest BCUT2D eigenvalue weighted by molar-refractivity contribution is -0.141. The number of aromatic nitrogens is 2. The molecule has 0 spiro atoms. The van der Waals surface area contributed by atoms with Gasteiger partial charge in [0.25, 0.3) is 5.91 Å². The van der Waals surface area contributed by atoms with Gasteiger partial charge >= 0.3 is 6.18 Å². The summed E-state index contributed by atoms with van der Waals surface area (Å²) in [4.78, 5) is 17.9. The van der Waals surface area contributed by atoms with E-state index in [0.717, 1.165) is 24.6 Å². The molecule has 2 aromatic rings. The maximum absolute atomic E-state index is 12.8. The molecule has 0 aliphatic carbocycles. The van der Waals surface area contributed by atoms with Crippen molar-refractivity contribution in [3.8, 4) is 0 Å². The lowest BCUT2D eigenvalue weighted by Crippen LogP contribution is -2.31. The van der Waals surface area contributed by atoms with Gasteiger partial charge in [-0.1, -0.05) is 5.16 Å².